The van der Waals surface area contributed by atoms with E-state index in [9.17, 15) is 14.4 Å². The fourth-order valence-corrected chi connectivity index (χ4v) is 6.69. The lowest BCUT2D eigenvalue weighted by Gasteiger charge is -2.31. The maximum atomic E-state index is 14.5. The normalized spacial score (nSPS) is 15.9. The zero-order valence-corrected chi connectivity index (χ0v) is 31.1. The van der Waals surface area contributed by atoms with Crippen molar-refractivity contribution in [3.05, 3.63) is 93.4 Å². The number of rotatable bonds is 15. The highest BCUT2D eigenvalue weighted by molar-refractivity contribution is 6.41. The number of carbonyl (C=O) groups excluding carboxylic acids is 2. The SMILES string of the molecule is C=CC(=O)C[C@H]1CCOC[C@H]1Nc1ncc2cc(-c3c(Cl)c(OC)cc(OC)c3Cl)c(=O)n(CCc3ccc(NC(=O)/C=C/CN(C)C)cc3)c2n1. The monoisotopic (exact) mass is 748 g/mol. The molecule has 2 atom stereocenters. The van der Waals surface area contributed by atoms with Crippen LogP contribution in [0.25, 0.3) is 22.2 Å². The van der Waals surface area contributed by atoms with Crippen molar-refractivity contribution in [2.24, 2.45) is 5.92 Å². The molecule has 4 aromatic rings. The van der Waals surface area contributed by atoms with Crippen LogP contribution in [0.4, 0.5) is 11.6 Å². The molecule has 274 valence electrons. The number of ether oxygens (including phenoxy) is 3. The summed E-state index contributed by atoms with van der Waals surface area (Å²) in [5.74, 6) is 0.603. The molecule has 0 aliphatic carbocycles. The van der Waals surface area contributed by atoms with Crippen LogP contribution in [-0.2, 0) is 27.3 Å². The Bertz CT molecular complexity index is 2000. The van der Waals surface area contributed by atoms with Crippen LogP contribution < -0.4 is 25.7 Å². The van der Waals surface area contributed by atoms with Crippen LogP contribution >= 0.6 is 23.2 Å². The summed E-state index contributed by atoms with van der Waals surface area (Å²) in [6.07, 6.45) is 7.72. The van der Waals surface area contributed by atoms with Crippen LogP contribution in [0.2, 0.25) is 10.0 Å². The molecular weight excluding hydrogens is 707 g/mol. The van der Waals surface area contributed by atoms with Crippen molar-refractivity contribution in [1.82, 2.24) is 19.4 Å². The third-order valence-electron chi connectivity index (χ3n) is 8.76. The molecule has 1 amide bonds. The number of allylic oxidation sites excluding steroid dienone is 1. The summed E-state index contributed by atoms with van der Waals surface area (Å²) in [6, 6.07) is 10.4. The van der Waals surface area contributed by atoms with Gasteiger partial charge in [-0.25, -0.2) is 4.98 Å². The fourth-order valence-electron chi connectivity index (χ4n) is 5.98. The van der Waals surface area contributed by atoms with E-state index in [4.69, 9.17) is 42.4 Å². The first-order valence-electron chi connectivity index (χ1n) is 16.7. The Morgan fingerprint density at radius 2 is 1.83 bits per heavy atom. The number of pyridine rings is 1. The predicted molar refractivity (Wildman–Crippen MR) is 205 cm³/mol. The van der Waals surface area contributed by atoms with E-state index < -0.39 is 0 Å². The summed E-state index contributed by atoms with van der Waals surface area (Å²) in [7, 11) is 6.78. The van der Waals surface area contributed by atoms with E-state index in [0.717, 1.165) is 5.56 Å². The first kappa shape index (κ1) is 38.5. The quantitative estimate of drug-likeness (QED) is 0.138. The Morgan fingerprint density at radius 1 is 1.12 bits per heavy atom. The van der Waals surface area contributed by atoms with Gasteiger partial charge in [0.1, 0.15) is 17.1 Å². The molecule has 0 bridgehead atoms. The van der Waals surface area contributed by atoms with E-state index in [1.807, 2.05) is 43.3 Å². The largest absolute Gasteiger partial charge is 0.495 e. The number of aromatic nitrogens is 3. The Balaban J connectivity index is 1.51. The molecule has 0 radical (unpaired) electrons. The second-order valence-corrected chi connectivity index (χ2v) is 13.4. The number of fused-ring (bicyclic) bond motifs is 1. The smallest absolute Gasteiger partial charge is 0.260 e. The van der Waals surface area contributed by atoms with Crippen molar-refractivity contribution in [2.75, 3.05) is 58.7 Å². The van der Waals surface area contributed by atoms with E-state index in [2.05, 4.69) is 22.2 Å². The lowest BCUT2D eigenvalue weighted by molar-refractivity contribution is -0.116. The number of methoxy groups -OCH3 is 2. The Hall–Kier alpha value is -4.75. The van der Waals surface area contributed by atoms with E-state index in [1.165, 1.54) is 26.4 Å². The number of carbonyl (C=O) groups is 2. The molecule has 12 nitrogen and oxygen atoms in total. The number of amides is 1. The van der Waals surface area contributed by atoms with Gasteiger partial charge in [0.15, 0.2) is 5.78 Å². The van der Waals surface area contributed by atoms with Gasteiger partial charge in [-0.05, 0) is 62.7 Å². The topological polar surface area (TPSA) is 137 Å². The number of ketones is 1. The van der Waals surface area contributed by atoms with Crippen molar-refractivity contribution < 1.29 is 23.8 Å². The summed E-state index contributed by atoms with van der Waals surface area (Å²) < 4.78 is 18.2. The van der Waals surface area contributed by atoms with Gasteiger partial charge in [0.2, 0.25) is 11.9 Å². The number of anilines is 2. The molecule has 2 N–H and O–H groups in total. The van der Waals surface area contributed by atoms with E-state index in [1.54, 1.807) is 29.0 Å². The highest BCUT2D eigenvalue weighted by Gasteiger charge is 2.28. The fraction of sp³-hybridized carbons (Fsp3) is 0.342. The number of halogens is 2. The van der Waals surface area contributed by atoms with Crippen LogP contribution in [0.3, 0.4) is 0 Å². The molecule has 2 aromatic carbocycles. The van der Waals surface area contributed by atoms with Crippen molar-refractivity contribution in [3.8, 4) is 22.6 Å². The van der Waals surface area contributed by atoms with Gasteiger partial charge < -0.3 is 29.7 Å². The number of hydrogen-bond acceptors (Lipinski definition) is 10. The van der Waals surface area contributed by atoms with Gasteiger partial charge in [-0.15, -0.1) is 0 Å². The standard InChI is InChI=1S/C38H42Cl2N6O6/c1-6-27(47)18-24-14-17-52-22-29(24)43-38-41-21-25-19-28(33-34(39)30(50-4)20-31(51-5)35(33)40)37(49)46(36(25)44-38)16-13-23-9-11-26(12-10-23)42-32(48)8-7-15-45(2)3/h6-12,19-21,24,29H,1,13-18,22H2,2-5H3,(H,42,48)(H,41,43,44)/b8-7+/t24-,29-/m1/s1. The van der Waals surface area contributed by atoms with Crippen molar-refractivity contribution >= 4 is 57.6 Å². The maximum Gasteiger partial charge on any atom is 0.260 e. The minimum atomic E-state index is -0.389. The first-order valence-corrected chi connectivity index (χ1v) is 17.5. The Morgan fingerprint density at radius 3 is 2.48 bits per heavy atom. The molecule has 1 aliphatic heterocycles. The minimum Gasteiger partial charge on any atom is -0.495 e. The van der Waals surface area contributed by atoms with Crippen LogP contribution in [0.1, 0.15) is 18.4 Å². The number of hydrogen-bond donors (Lipinski definition) is 2. The van der Waals surface area contributed by atoms with E-state index >= 15 is 0 Å². The van der Waals surface area contributed by atoms with E-state index in [0.29, 0.717) is 73.2 Å². The highest BCUT2D eigenvalue weighted by atomic mass is 35.5. The molecule has 0 saturated carbocycles. The van der Waals surface area contributed by atoms with Crippen molar-refractivity contribution in [2.45, 2.75) is 31.8 Å². The minimum absolute atomic E-state index is 0.00253. The average Bonchev–Trinajstić information content (AvgIpc) is 3.13. The van der Waals surface area contributed by atoms with Gasteiger partial charge in [0.25, 0.3) is 5.56 Å². The molecule has 3 heterocycles. The maximum absolute atomic E-state index is 14.5. The number of benzene rings is 2. The van der Waals surface area contributed by atoms with E-state index in [-0.39, 0.29) is 56.9 Å². The van der Waals surface area contributed by atoms with Crippen LogP contribution in [-0.4, -0.2) is 85.2 Å². The Kier molecular flexibility index (Phi) is 13.1. The molecule has 0 spiro atoms. The Labute approximate surface area is 312 Å². The van der Waals surface area contributed by atoms with Crippen LogP contribution in [0.15, 0.2) is 72.2 Å². The average molecular weight is 750 g/mol. The summed E-state index contributed by atoms with van der Waals surface area (Å²) in [5, 5.41) is 7.07. The molecule has 1 saturated heterocycles. The molecule has 0 unspecified atom stereocenters. The lowest BCUT2D eigenvalue weighted by atomic mass is 9.90. The van der Waals surface area contributed by atoms with Gasteiger partial charge in [-0.2, -0.15) is 4.98 Å². The second-order valence-electron chi connectivity index (χ2n) is 12.6. The van der Waals surface area contributed by atoms with Crippen LogP contribution in [0, 0.1) is 5.92 Å². The molecule has 1 aliphatic rings. The number of aryl methyl sites for hydroxylation is 2. The lowest BCUT2D eigenvalue weighted by Crippen LogP contribution is -2.40. The molecule has 2 aromatic heterocycles. The molecule has 14 heteroatoms. The number of nitrogens with zero attached hydrogens (tertiary/aromatic N) is 4. The summed E-state index contributed by atoms with van der Waals surface area (Å²) in [6.45, 7) is 5.42. The zero-order valence-electron chi connectivity index (χ0n) is 29.6. The molecule has 5 rings (SSSR count). The first-order chi connectivity index (χ1) is 25.0. The number of likely N-dealkylation sites (N-methyl/N-ethyl adjacent to an activating group) is 1. The molecule has 52 heavy (non-hydrogen) atoms. The third kappa shape index (κ3) is 9.18. The molecule has 1 fully saturated rings. The zero-order chi connectivity index (χ0) is 37.4. The van der Waals surface area contributed by atoms with Gasteiger partial charge in [0, 0.05) is 61.1 Å². The highest BCUT2D eigenvalue weighted by Crippen LogP contribution is 2.45. The number of nitrogens with one attached hydrogen (secondary N) is 2. The van der Waals surface area contributed by atoms with Crippen molar-refractivity contribution in [3.63, 3.8) is 0 Å². The van der Waals surface area contributed by atoms with Gasteiger partial charge in [-0.3, -0.25) is 19.0 Å². The second kappa shape index (κ2) is 17.6. The van der Waals surface area contributed by atoms with Crippen molar-refractivity contribution in [1.29, 1.82) is 0 Å². The molecular formula is C38H42Cl2N6O6. The summed E-state index contributed by atoms with van der Waals surface area (Å²) in [5.41, 5.74) is 2.04. The van der Waals surface area contributed by atoms with Gasteiger partial charge >= 0.3 is 0 Å². The summed E-state index contributed by atoms with van der Waals surface area (Å²) >= 11 is 13.6. The third-order valence-corrected chi connectivity index (χ3v) is 9.51. The van der Waals surface area contributed by atoms with Gasteiger partial charge in [0.05, 0.1) is 42.5 Å². The van der Waals surface area contributed by atoms with Crippen LogP contribution in [0.5, 0.6) is 11.5 Å². The van der Waals surface area contributed by atoms with Gasteiger partial charge in [-0.1, -0.05) is 48.0 Å². The summed E-state index contributed by atoms with van der Waals surface area (Å²) in [4.78, 5) is 50.4. The predicted octanol–water partition coefficient (Wildman–Crippen LogP) is 6.04.